The molecule has 0 saturated carbocycles. The number of carbonyl (C=O) groups is 1. The zero-order valence-corrected chi connectivity index (χ0v) is 11.0. The third-order valence-electron chi connectivity index (χ3n) is 3.10. The van der Waals surface area contributed by atoms with Gasteiger partial charge in [-0.05, 0) is 37.5 Å². The lowest BCUT2D eigenvalue weighted by atomic mass is 10.2. The smallest absolute Gasteiger partial charge is 0.253 e. The number of hydrogen-bond donors (Lipinski definition) is 2. The third kappa shape index (κ3) is 3.02. The van der Waals surface area contributed by atoms with Crippen LogP contribution < -0.4 is 11.1 Å². The molecule has 2 atom stereocenters. The number of nitrogens with one attached hydrogen (secondary N) is 1. The van der Waals surface area contributed by atoms with Gasteiger partial charge >= 0.3 is 0 Å². The molecule has 5 heteroatoms. The lowest BCUT2D eigenvalue weighted by molar-refractivity contribution is -0.126. The highest BCUT2D eigenvalue weighted by Crippen LogP contribution is 2.23. The molecule has 2 rings (SSSR count). The number of ether oxygens (including phenoxy) is 1. The van der Waals surface area contributed by atoms with Crippen molar-refractivity contribution in [3.63, 3.8) is 0 Å². The summed E-state index contributed by atoms with van der Waals surface area (Å²) in [5.74, 6) is -0.133. The summed E-state index contributed by atoms with van der Waals surface area (Å²) < 4.78 is 5.53. The van der Waals surface area contributed by atoms with Gasteiger partial charge < -0.3 is 15.8 Å². The predicted octanol–water partition coefficient (Wildman–Crippen LogP) is 2.09. The molecule has 1 amide bonds. The minimum atomic E-state index is -0.404. The average Bonchev–Trinajstić information content (AvgIpc) is 2.82. The van der Waals surface area contributed by atoms with E-state index in [-0.39, 0.29) is 12.0 Å². The quantitative estimate of drug-likeness (QED) is 0.882. The van der Waals surface area contributed by atoms with Gasteiger partial charge in [0.05, 0.1) is 6.10 Å². The highest BCUT2D eigenvalue weighted by molar-refractivity contribution is 6.31. The van der Waals surface area contributed by atoms with Gasteiger partial charge in [-0.2, -0.15) is 0 Å². The molecule has 0 spiro atoms. The maximum Gasteiger partial charge on any atom is 0.253 e. The molecule has 1 aliphatic rings. The van der Waals surface area contributed by atoms with Crippen LogP contribution in [0.25, 0.3) is 0 Å². The van der Waals surface area contributed by atoms with E-state index in [0.717, 1.165) is 12.0 Å². The molecule has 1 aromatic rings. The number of rotatable bonds is 3. The summed E-state index contributed by atoms with van der Waals surface area (Å²) in [6, 6.07) is 5.44. The minimum absolute atomic E-state index is 0.00218. The Bertz CT molecular complexity index is 451. The molecule has 1 aliphatic heterocycles. The Hall–Kier alpha value is -1.10. The standard InChI is InChI=1S/C13H17ClN2O2/c1-8-2-3-9(6-11(8)14)16-13(17)12-5-4-10(7-15)18-12/h2-3,6,10,12H,4-5,7,15H2,1H3,(H,16,17). The Balaban J connectivity index is 1.97. The Morgan fingerprint density at radius 3 is 2.94 bits per heavy atom. The van der Waals surface area contributed by atoms with Crippen molar-refractivity contribution in [2.45, 2.75) is 32.0 Å². The zero-order valence-electron chi connectivity index (χ0n) is 10.3. The molecule has 1 aromatic carbocycles. The molecule has 0 bridgehead atoms. The molecule has 1 fully saturated rings. The van der Waals surface area contributed by atoms with Crippen LogP contribution in [0, 0.1) is 6.92 Å². The molecular formula is C13H17ClN2O2. The van der Waals surface area contributed by atoms with Gasteiger partial charge in [0, 0.05) is 17.3 Å². The SMILES string of the molecule is Cc1ccc(NC(=O)C2CCC(CN)O2)cc1Cl. The van der Waals surface area contributed by atoms with Crippen molar-refractivity contribution in [1.82, 2.24) is 0 Å². The van der Waals surface area contributed by atoms with Crippen LogP contribution in [0.4, 0.5) is 5.69 Å². The van der Waals surface area contributed by atoms with Crippen LogP contribution in [0.15, 0.2) is 18.2 Å². The second-order valence-electron chi connectivity index (χ2n) is 4.51. The van der Waals surface area contributed by atoms with E-state index >= 15 is 0 Å². The average molecular weight is 269 g/mol. The first-order chi connectivity index (χ1) is 8.60. The summed E-state index contributed by atoms with van der Waals surface area (Å²) in [7, 11) is 0. The van der Waals surface area contributed by atoms with Crippen molar-refractivity contribution in [1.29, 1.82) is 0 Å². The number of benzene rings is 1. The van der Waals surface area contributed by atoms with E-state index in [4.69, 9.17) is 22.1 Å². The van der Waals surface area contributed by atoms with E-state index in [1.807, 2.05) is 19.1 Å². The van der Waals surface area contributed by atoms with E-state index in [1.54, 1.807) is 6.07 Å². The topological polar surface area (TPSA) is 64.4 Å². The van der Waals surface area contributed by atoms with Crippen LogP contribution >= 0.6 is 11.6 Å². The van der Waals surface area contributed by atoms with Crippen molar-refractivity contribution in [2.75, 3.05) is 11.9 Å². The van der Waals surface area contributed by atoms with Gasteiger partial charge in [-0.15, -0.1) is 0 Å². The molecule has 18 heavy (non-hydrogen) atoms. The summed E-state index contributed by atoms with van der Waals surface area (Å²) in [5, 5.41) is 3.45. The highest BCUT2D eigenvalue weighted by Gasteiger charge is 2.29. The minimum Gasteiger partial charge on any atom is -0.364 e. The fourth-order valence-electron chi connectivity index (χ4n) is 1.97. The number of halogens is 1. The Morgan fingerprint density at radius 1 is 1.56 bits per heavy atom. The van der Waals surface area contributed by atoms with E-state index in [1.165, 1.54) is 0 Å². The number of carbonyl (C=O) groups excluding carboxylic acids is 1. The molecule has 0 aromatic heterocycles. The molecule has 0 aliphatic carbocycles. The lowest BCUT2D eigenvalue weighted by Crippen LogP contribution is -2.29. The van der Waals surface area contributed by atoms with Gasteiger partial charge in [0.2, 0.25) is 0 Å². The van der Waals surface area contributed by atoms with Gasteiger partial charge in [-0.1, -0.05) is 17.7 Å². The van der Waals surface area contributed by atoms with Gasteiger partial charge in [-0.25, -0.2) is 0 Å². The Labute approximate surface area is 111 Å². The predicted molar refractivity (Wildman–Crippen MR) is 71.8 cm³/mol. The largest absolute Gasteiger partial charge is 0.364 e. The van der Waals surface area contributed by atoms with Crippen molar-refractivity contribution in [3.05, 3.63) is 28.8 Å². The number of amides is 1. The summed E-state index contributed by atoms with van der Waals surface area (Å²) in [6.45, 7) is 2.38. The second-order valence-corrected chi connectivity index (χ2v) is 4.92. The van der Waals surface area contributed by atoms with Crippen LogP contribution in [-0.4, -0.2) is 24.7 Å². The number of hydrogen-bond acceptors (Lipinski definition) is 3. The van der Waals surface area contributed by atoms with Crippen LogP contribution in [0.2, 0.25) is 5.02 Å². The molecular weight excluding hydrogens is 252 g/mol. The summed E-state index contributed by atoms with van der Waals surface area (Å²) in [5.41, 5.74) is 7.18. The lowest BCUT2D eigenvalue weighted by Gasteiger charge is -2.13. The fourth-order valence-corrected chi connectivity index (χ4v) is 2.15. The second kappa shape index (κ2) is 5.69. The summed E-state index contributed by atoms with van der Waals surface area (Å²) >= 11 is 6.00. The van der Waals surface area contributed by atoms with Gasteiger partial charge in [0.25, 0.3) is 5.91 Å². The van der Waals surface area contributed by atoms with Crippen molar-refractivity contribution >= 4 is 23.2 Å². The zero-order chi connectivity index (χ0) is 13.1. The number of aryl methyl sites for hydroxylation is 1. The van der Waals surface area contributed by atoms with E-state index in [9.17, 15) is 4.79 Å². The Morgan fingerprint density at radius 2 is 2.33 bits per heavy atom. The molecule has 2 unspecified atom stereocenters. The van der Waals surface area contributed by atoms with E-state index in [0.29, 0.717) is 23.7 Å². The van der Waals surface area contributed by atoms with Crippen LogP contribution in [0.3, 0.4) is 0 Å². The summed E-state index contributed by atoms with van der Waals surface area (Å²) in [6.07, 6.45) is 1.15. The normalized spacial score (nSPS) is 23.1. The molecule has 4 nitrogen and oxygen atoms in total. The van der Waals surface area contributed by atoms with Gasteiger partial charge in [-0.3, -0.25) is 4.79 Å². The van der Waals surface area contributed by atoms with Gasteiger partial charge in [0.1, 0.15) is 6.10 Å². The molecule has 0 radical (unpaired) electrons. The molecule has 3 N–H and O–H groups in total. The third-order valence-corrected chi connectivity index (χ3v) is 3.51. The summed E-state index contributed by atoms with van der Waals surface area (Å²) in [4.78, 5) is 12.0. The van der Waals surface area contributed by atoms with E-state index < -0.39 is 6.10 Å². The fraction of sp³-hybridized carbons (Fsp3) is 0.462. The Kier molecular flexibility index (Phi) is 4.22. The highest BCUT2D eigenvalue weighted by atomic mass is 35.5. The number of nitrogens with two attached hydrogens (primary N) is 1. The molecule has 1 saturated heterocycles. The monoisotopic (exact) mass is 268 g/mol. The maximum atomic E-state index is 12.0. The van der Waals surface area contributed by atoms with Gasteiger partial charge in [0.15, 0.2) is 0 Å². The molecule has 98 valence electrons. The van der Waals surface area contributed by atoms with Crippen molar-refractivity contribution in [3.8, 4) is 0 Å². The molecule has 1 heterocycles. The number of anilines is 1. The maximum absolute atomic E-state index is 12.0. The van der Waals surface area contributed by atoms with Crippen LogP contribution in [0.1, 0.15) is 18.4 Å². The first-order valence-corrected chi connectivity index (χ1v) is 6.40. The van der Waals surface area contributed by atoms with E-state index in [2.05, 4.69) is 5.32 Å². The first kappa shape index (κ1) is 13.3. The van der Waals surface area contributed by atoms with Crippen molar-refractivity contribution < 1.29 is 9.53 Å². The van der Waals surface area contributed by atoms with Crippen LogP contribution in [-0.2, 0) is 9.53 Å². The first-order valence-electron chi connectivity index (χ1n) is 6.02. The van der Waals surface area contributed by atoms with Crippen LogP contribution in [0.5, 0.6) is 0 Å². The van der Waals surface area contributed by atoms with Crippen molar-refractivity contribution in [2.24, 2.45) is 5.73 Å².